The Balaban J connectivity index is 2.55. The first-order valence-electron chi connectivity index (χ1n) is 6.71. The molecule has 0 saturated heterocycles. The molecule has 4 nitrogen and oxygen atoms in total. The first kappa shape index (κ1) is 19.1. The minimum absolute atomic E-state index is 0.0617. The van der Waals surface area contributed by atoms with E-state index in [1.807, 2.05) is 0 Å². The van der Waals surface area contributed by atoms with Crippen LogP contribution in [0.4, 0.5) is 26.7 Å². The molecule has 2 amide bonds. The molecule has 23 heavy (non-hydrogen) atoms. The second-order valence-corrected chi connectivity index (χ2v) is 5.19. The van der Waals surface area contributed by atoms with Crippen LogP contribution in [0.5, 0.6) is 0 Å². The average molecular weight is 340 g/mol. The van der Waals surface area contributed by atoms with Gasteiger partial charge in [0.15, 0.2) is 6.10 Å². The first-order valence-corrected chi connectivity index (χ1v) is 6.71. The summed E-state index contributed by atoms with van der Waals surface area (Å²) in [6.45, 7) is 0.587. The lowest BCUT2D eigenvalue weighted by atomic mass is 10.0. The summed E-state index contributed by atoms with van der Waals surface area (Å²) in [4.78, 5) is 12.3. The number of hydrogen-bond acceptors (Lipinski definition) is 2. The fourth-order valence-electron chi connectivity index (χ4n) is 1.83. The van der Waals surface area contributed by atoms with Gasteiger partial charge >= 0.3 is 12.2 Å². The van der Waals surface area contributed by atoms with E-state index in [1.54, 1.807) is 6.92 Å². The van der Waals surface area contributed by atoms with Crippen molar-refractivity contribution >= 4 is 6.03 Å². The van der Waals surface area contributed by atoms with Gasteiger partial charge in [0.05, 0.1) is 6.54 Å². The zero-order chi connectivity index (χ0) is 17.8. The number of rotatable bonds is 5. The van der Waals surface area contributed by atoms with Gasteiger partial charge in [0.1, 0.15) is 11.6 Å². The van der Waals surface area contributed by atoms with Gasteiger partial charge in [-0.2, -0.15) is 13.2 Å². The van der Waals surface area contributed by atoms with Gasteiger partial charge in [-0.1, -0.05) is 13.0 Å². The standard InChI is InChI=1S/C14H17F5N2O2/c1-8(10-4-3-9(15)5-11(10)16)6-20-13(23)21(2)7-12(22)14(17,18)19/h3-5,8,12,22H,6-7H2,1-2H3,(H,20,23)/t8-,12-/m0/s1. The van der Waals surface area contributed by atoms with Gasteiger partial charge in [0, 0.05) is 25.6 Å². The Kier molecular flexibility index (Phi) is 6.31. The number of halogens is 5. The van der Waals surface area contributed by atoms with Crippen molar-refractivity contribution in [2.75, 3.05) is 20.1 Å². The summed E-state index contributed by atoms with van der Waals surface area (Å²) in [5.74, 6) is -2.02. The number of aliphatic hydroxyl groups excluding tert-OH is 1. The van der Waals surface area contributed by atoms with E-state index in [0.29, 0.717) is 11.0 Å². The number of amides is 2. The number of carbonyl (C=O) groups is 1. The van der Waals surface area contributed by atoms with Gasteiger partial charge in [-0.05, 0) is 11.6 Å². The lowest BCUT2D eigenvalue weighted by Crippen LogP contribution is -2.46. The molecular weight excluding hydrogens is 323 g/mol. The number of nitrogens with zero attached hydrogens (tertiary/aromatic N) is 1. The minimum Gasteiger partial charge on any atom is -0.382 e. The molecule has 1 aromatic rings. The van der Waals surface area contributed by atoms with Gasteiger partial charge in [0.2, 0.25) is 0 Å². The van der Waals surface area contributed by atoms with Crippen LogP contribution < -0.4 is 5.32 Å². The number of carbonyl (C=O) groups excluding carboxylic acids is 1. The van der Waals surface area contributed by atoms with Crippen LogP contribution >= 0.6 is 0 Å². The molecule has 1 rings (SSSR count). The van der Waals surface area contributed by atoms with E-state index in [2.05, 4.69) is 5.32 Å². The second-order valence-electron chi connectivity index (χ2n) is 5.19. The smallest absolute Gasteiger partial charge is 0.382 e. The molecule has 0 radical (unpaired) electrons. The number of nitrogens with one attached hydrogen (secondary N) is 1. The van der Waals surface area contributed by atoms with Crippen molar-refractivity contribution in [3.8, 4) is 0 Å². The Morgan fingerprint density at radius 3 is 2.48 bits per heavy atom. The van der Waals surface area contributed by atoms with Crippen molar-refractivity contribution in [2.24, 2.45) is 0 Å². The van der Waals surface area contributed by atoms with E-state index >= 15 is 0 Å². The van der Waals surface area contributed by atoms with Gasteiger partial charge in [-0.15, -0.1) is 0 Å². The van der Waals surface area contributed by atoms with Crippen molar-refractivity contribution in [3.05, 3.63) is 35.4 Å². The van der Waals surface area contributed by atoms with Crippen LogP contribution in [0.1, 0.15) is 18.4 Å². The highest BCUT2D eigenvalue weighted by molar-refractivity contribution is 5.73. The number of benzene rings is 1. The third-order valence-electron chi connectivity index (χ3n) is 3.22. The summed E-state index contributed by atoms with van der Waals surface area (Å²) in [6.07, 6.45) is -7.47. The third-order valence-corrected chi connectivity index (χ3v) is 3.22. The third kappa shape index (κ3) is 5.66. The molecule has 0 saturated carbocycles. The quantitative estimate of drug-likeness (QED) is 0.810. The van der Waals surface area contributed by atoms with E-state index in [1.165, 1.54) is 6.07 Å². The molecule has 0 bridgehead atoms. The summed E-state index contributed by atoms with van der Waals surface area (Å²) in [7, 11) is 1.09. The normalized spacial score (nSPS) is 14.3. The number of likely N-dealkylation sites (N-methyl/N-ethyl adjacent to an activating group) is 1. The Morgan fingerprint density at radius 2 is 1.96 bits per heavy atom. The maximum absolute atomic E-state index is 13.6. The lowest BCUT2D eigenvalue weighted by molar-refractivity contribution is -0.205. The van der Waals surface area contributed by atoms with Crippen molar-refractivity contribution < 1.29 is 31.9 Å². The Labute approximate surface area is 129 Å². The molecule has 0 aliphatic carbocycles. The molecular formula is C14H17F5N2O2. The minimum atomic E-state index is -4.82. The first-order chi connectivity index (χ1) is 10.5. The molecule has 0 unspecified atom stereocenters. The molecule has 2 N–H and O–H groups in total. The fraction of sp³-hybridized carbons (Fsp3) is 0.500. The van der Waals surface area contributed by atoms with Crippen LogP contribution in [0.2, 0.25) is 0 Å². The van der Waals surface area contributed by atoms with Gasteiger partial charge in [0.25, 0.3) is 0 Å². The Bertz CT molecular complexity index is 550. The van der Waals surface area contributed by atoms with Crippen molar-refractivity contribution in [1.29, 1.82) is 0 Å². The summed E-state index contributed by atoms with van der Waals surface area (Å²) in [5.41, 5.74) is 0.171. The molecule has 1 aromatic carbocycles. The maximum atomic E-state index is 13.6. The van der Waals surface area contributed by atoms with Crippen LogP contribution in [0.3, 0.4) is 0 Å². The van der Waals surface area contributed by atoms with E-state index in [9.17, 15) is 26.7 Å². The molecule has 0 spiro atoms. The highest BCUT2D eigenvalue weighted by Crippen LogP contribution is 2.21. The lowest BCUT2D eigenvalue weighted by Gasteiger charge is -2.23. The molecule has 130 valence electrons. The SMILES string of the molecule is C[C@@H](CNC(=O)N(C)C[C@H](O)C(F)(F)F)c1ccc(F)cc1F. The van der Waals surface area contributed by atoms with E-state index in [4.69, 9.17) is 5.11 Å². The van der Waals surface area contributed by atoms with Crippen molar-refractivity contribution in [3.63, 3.8) is 0 Å². The second kappa shape index (κ2) is 7.58. The average Bonchev–Trinajstić information content (AvgIpc) is 2.43. The number of hydrogen-bond donors (Lipinski definition) is 2. The fourth-order valence-corrected chi connectivity index (χ4v) is 1.83. The highest BCUT2D eigenvalue weighted by atomic mass is 19.4. The van der Waals surface area contributed by atoms with E-state index in [-0.39, 0.29) is 12.1 Å². The Morgan fingerprint density at radius 1 is 1.35 bits per heavy atom. The zero-order valence-corrected chi connectivity index (χ0v) is 12.5. The predicted octanol–water partition coefficient (Wildman–Crippen LogP) is 2.63. The molecule has 0 aliphatic heterocycles. The zero-order valence-electron chi connectivity index (χ0n) is 12.5. The monoisotopic (exact) mass is 340 g/mol. The maximum Gasteiger partial charge on any atom is 0.416 e. The largest absolute Gasteiger partial charge is 0.416 e. The highest BCUT2D eigenvalue weighted by Gasteiger charge is 2.39. The van der Waals surface area contributed by atoms with Gasteiger partial charge in [-0.25, -0.2) is 13.6 Å². The molecule has 0 aliphatic rings. The van der Waals surface area contributed by atoms with Crippen molar-refractivity contribution in [2.45, 2.75) is 25.1 Å². The number of urea groups is 1. The molecule has 0 aromatic heterocycles. The van der Waals surface area contributed by atoms with Crippen LogP contribution in [0.25, 0.3) is 0 Å². The summed E-state index contributed by atoms with van der Waals surface area (Å²) >= 11 is 0. The number of alkyl halides is 3. The molecule has 0 fully saturated rings. The van der Waals surface area contributed by atoms with Crippen LogP contribution in [0.15, 0.2) is 18.2 Å². The van der Waals surface area contributed by atoms with Crippen LogP contribution in [-0.2, 0) is 0 Å². The van der Waals surface area contributed by atoms with Crippen LogP contribution in [0, 0.1) is 11.6 Å². The van der Waals surface area contributed by atoms with E-state index < -0.39 is 42.4 Å². The topological polar surface area (TPSA) is 52.6 Å². The van der Waals surface area contributed by atoms with Crippen LogP contribution in [-0.4, -0.2) is 48.5 Å². The van der Waals surface area contributed by atoms with E-state index in [0.717, 1.165) is 13.1 Å². The molecule has 9 heteroatoms. The van der Waals surface area contributed by atoms with Crippen molar-refractivity contribution in [1.82, 2.24) is 10.2 Å². The molecule has 0 heterocycles. The summed E-state index contributed by atoms with van der Waals surface area (Å²) < 4.78 is 63.0. The van der Waals surface area contributed by atoms with Gasteiger partial charge < -0.3 is 15.3 Å². The summed E-state index contributed by atoms with van der Waals surface area (Å²) in [6, 6.07) is 2.17. The van der Waals surface area contributed by atoms with Gasteiger partial charge in [-0.3, -0.25) is 0 Å². The predicted molar refractivity (Wildman–Crippen MR) is 72.9 cm³/mol. The Hall–Kier alpha value is -1.90. The molecule has 2 atom stereocenters. The summed E-state index contributed by atoms with van der Waals surface area (Å²) in [5, 5.41) is 11.2. The number of aliphatic hydroxyl groups is 1.